The van der Waals surface area contributed by atoms with Crippen LogP contribution in [-0.2, 0) is 17.6 Å². The number of carbonyl (C=O) groups is 1. The van der Waals surface area contributed by atoms with E-state index >= 15 is 0 Å². The normalized spacial score (nSPS) is 19.1. The van der Waals surface area contributed by atoms with E-state index in [0.29, 0.717) is 11.8 Å². The summed E-state index contributed by atoms with van der Waals surface area (Å²) in [4.78, 5) is 13.0. The first-order valence-electron chi connectivity index (χ1n) is 9.16. The van der Waals surface area contributed by atoms with E-state index < -0.39 is 0 Å². The first-order valence-corrected chi connectivity index (χ1v) is 10.2. The van der Waals surface area contributed by atoms with Crippen LogP contribution in [0.25, 0.3) is 0 Å². The average molecular weight is 409 g/mol. The number of benzene rings is 1. The number of carbonyl (C=O) groups excluding carboxylic acids is 1. The van der Waals surface area contributed by atoms with Crippen molar-refractivity contribution in [3.05, 3.63) is 47.3 Å². The third-order valence-electron chi connectivity index (χ3n) is 4.98. The van der Waals surface area contributed by atoms with E-state index in [1.807, 2.05) is 43.3 Å². The number of nitrogens with zero attached hydrogens (tertiary/aromatic N) is 2. The molecular formula is C20H29ClN4OS. The van der Waals surface area contributed by atoms with Gasteiger partial charge in [0, 0.05) is 43.7 Å². The Labute approximate surface area is 172 Å². The Morgan fingerprint density at radius 2 is 2.19 bits per heavy atom. The number of thioether (sulfide) groups is 1. The van der Waals surface area contributed by atoms with E-state index in [4.69, 9.17) is 0 Å². The van der Waals surface area contributed by atoms with Gasteiger partial charge in [-0.15, -0.1) is 12.4 Å². The summed E-state index contributed by atoms with van der Waals surface area (Å²) in [5.74, 6) is 1.15. The van der Waals surface area contributed by atoms with Crippen molar-refractivity contribution in [3.63, 3.8) is 0 Å². The molecule has 0 spiro atoms. The van der Waals surface area contributed by atoms with Crippen molar-refractivity contribution >= 4 is 35.8 Å². The molecule has 2 N–H and O–H groups in total. The predicted octanol–water partition coefficient (Wildman–Crippen LogP) is 3.73. The predicted molar refractivity (Wildman–Crippen MR) is 116 cm³/mol. The fraction of sp³-hybridized carbons (Fsp3) is 0.500. The minimum atomic E-state index is -0.0766. The van der Waals surface area contributed by atoms with Gasteiger partial charge < -0.3 is 10.6 Å². The Morgan fingerprint density at radius 1 is 1.41 bits per heavy atom. The van der Waals surface area contributed by atoms with Gasteiger partial charge in [0.15, 0.2) is 0 Å². The van der Waals surface area contributed by atoms with Gasteiger partial charge in [0.1, 0.15) is 0 Å². The molecule has 2 atom stereocenters. The number of halogens is 1. The summed E-state index contributed by atoms with van der Waals surface area (Å²) in [6.07, 6.45) is 3.87. The number of rotatable bonds is 6. The molecule has 148 valence electrons. The van der Waals surface area contributed by atoms with Gasteiger partial charge in [-0.2, -0.15) is 16.9 Å². The average Bonchev–Trinajstić information content (AvgIpc) is 3.24. The van der Waals surface area contributed by atoms with Crippen LogP contribution in [0.15, 0.2) is 30.6 Å². The van der Waals surface area contributed by atoms with Crippen molar-refractivity contribution in [2.45, 2.75) is 37.7 Å². The fourth-order valence-corrected chi connectivity index (χ4v) is 4.22. The van der Waals surface area contributed by atoms with E-state index in [0.717, 1.165) is 29.1 Å². The first kappa shape index (κ1) is 21.8. The Morgan fingerprint density at radius 3 is 2.85 bits per heavy atom. The van der Waals surface area contributed by atoms with E-state index in [2.05, 4.69) is 42.6 Å². The second-order valence-electron chi connectivity index (χ2n) is 7.26. The molecule has 0 unspecified atom stereocenters. The molecule has 1 fully saturated rings. The third-order valence-corrected chi connectivity index (χ3v) is 6.12. The molecule has 5 nitrogen and oxygen atoms in total. The van der Waals surface area contributed by atoms with Gasteiger partial charge in [0.25, 0.3) is 0 Å². The second-order valence-corrected chi connectivity index (χ2v) is 8.82. The van der Waals surface area contributed by atoms with Crippen LogP contribution in [0.2, 0.25) is 0 Å². The minimum absolute atomic E-state index is 0. The zero-order valence-corrected chi connectivity index (χ0v) is 18.0. The molecule has 1 aromatic heterocycles. The van der Waals surface area contributed by atoms with Gasteiger partial charge in [-0.25, -0.2) is 0 Å². The molecule has 3 rings (SSSR count). The maximum atomic E-state index is 13.0. The molecule has 1 aliphatic heterocycles. The molecule has 0 radical (unpaired) electrons. The lowest BCUT2D eigenvalue weighted by atomic mass is 9.90. The number of amides is 1. The van der Waals surface area contributed by atoms with Gasteiger partial charge in [0.2, 0.25) is 5.91 Å². The molecule has 1 amide bonds. The molecule has 2 heterocycles. The van der Waals surface area contributed by atoms with Crippen molar-refractivity contribution in [1.82, 2.24) is 15.1 Å². The molecule has 1 aromatic carbocycles. The molecule has 1 saturated heterocycles. The Bertz CT molecular complexity index is 777. The first-order chi connectivity index (χ1) is 12.5. The van der Waals surface area contributed by atoms with Gasteiger partial charge in [-0.3, -0.25) is 9.48 Å². The summed E-state index contributed by atoms with van der Waals surface area (Å²) in [5.41, 5.74) is 4.50. The molecule has 0 saturated carbocycles. The Hall–Kier alpha value is -1.50. The van der Waals surface area contributed by atoms with E-state index in [9.17, 15) is 4.79 Å². The molecule has 0 bridgehead atoms. The molecule has 0 aliphatic carbocycles. The van der Waals surface area contributed by atoms with Gasteiger partial charge in [0.05, 0.1) is 12.1 Å². The SMILES string of the molecule is Cc1c(CSC(C)C)cccc1NC(=O)[C@H]1CNC[C@@H]1c1cnn(C)c1.Cl. The van der Waals surface area contributed by atoms with Crippen LogP contribution >= 0.6 is 24.2 Å². The fourth-order valence-electron chi connectivity index (χ4n) is 3.39. The molecular weight excluding hydrogens is 380 g/mol. The van der Waals surface area contributed by atoms with Crippen LogP contribution in [-0.4, -0.2) is 34.0 Å². The number of aryl methyl sites for hydroxylation is 1. The largest absolute Gasteiger partial charge is 0.326 e. The van der Waals surface area contributed by atoms with E-state index in [1.165, 1.54) is 5.56 Å². The Kier molecular flexibility index (Phi) is 7.77. The van der Waals surface area contributed by atoms with Gasteiger partial charge >= 0.3 is 0 Å². The summed E-state index contributed by atoms with van der Waals surface area (Å²) in [5, 5.41) is 11.4. The van der Waals surface area contributed by atoms with Crippen LogP contribution in [0, 0.1) is 12.8 Å². The summed E-state index contributed by atoms with van der Waals surface area (Å²) in [6, 6.07) is 6.18. The van der Waals surface area contributed by atoms with Crippen LogP contribution in [0.4, 0.5) is 5.69 Å². The quantitative estimate of drug-likeness (QED) is 0.764. The highest BCUT2D eigenvalue weighted by atomic mass is 35.5. The maximum absolute atomic E-state index is 13.0. The lowest BCUT2D eigenvalue weighted by Crippen LogP contribution is -2.28. The number of hydrogen-bond donors (Lipinski definition) is 2. The summed E-state index contributed by atoms with van der Waals surface area (Å²) in [7, 11) is 1.91. The highest BCUT2D eigenvalue weighted by Gasteiger charge is 2.34. The maximum Gasteiger partial charge on any atom is 0.229 e. The van der Waals surface area contributed by atoms with Crippen molar-refractivity contribution < 1.29 is 4.79 Å². The van der Waals surface area contributed by atoms with Crippen LogP contribution < -0.4 is 10.6 Å². The smallest absolute Gasteiger partial charge is 0.229 e. The standard InChI is InChI=1S/C20H28N4OS.ClH/c1-13(2)26-12-15-6-5-7-19(14(15)3)23-20(25)18-10-21-9-17(18)16-8-22-24(4)11-16;/h5-8,11,13,17-18,21H,9-10,12H2,1-4H3,(H,23,25);1H/t17-,18+;/m1./s1. The topological polar surface area (TPSA) is 59.0 Å². The highest BCUT2D eigenvalue weighted by molar-refractivity contribution is 7.99. The van der Waals surface area contributed by atoms with Crippen LogP contribution in [0.5, 0.6) is 0 Å². The third kappa shape index (κ3) is 5.27. The van der Waals surface area contributed by atoms with Gasteiger partial charge in [-0.1, -0.05) is 26.0 Å². The Balaban J connectivity index is 0.00000261. The van der Waals surface area contributed by atoms with Crippen molar-refractivity contribution in [1.29, 1.82) is 0 Å². The zero-order valence-electron chi connectivity index (χ0n) is 16.4. The van der Waals surface area contributed by atoms with Crippen LogP contribution in [0.3, 0.4) is 0 Å². The number of hydrogen-bond acceptors (Lipinski definition) is 4. The molecule has 7 heteroatoms. The van der Waals surface area contributed by atoms with Gasteiger partial charge in [-0.05, 0) is 34.9 Å². The van der Waals surface area contributed by atoms with Crippen molar-refractivity contribution in [2.24, 2.45) is 13.0 Å². The minimum Gasteiger partial charge on any atom is -0.326 e. The number of aromatic nitrogens is 2. The van der Waals surface area contributed by atoms with Crippen molar-refractivity contribution in [2.75, 3.05) is 18.4 Å². The molecule has 1 aliphatic rings. The number of anilines is 1. The zero-order chi connectivity index (χ0) is 18.7. The van der Waals surface area contributed by atoms with E-state index in [1.54, 1.807) is 4.68 Å². The summed E-state index contributed by atoms with van der Waals surface area (Å²) >= 11 is 1.92. The summed E-state index contributed by atoms with van der Waals surface area (Å²) < 4.78 is 1.79. The van der Waals surface area contributed by atoms with Crippen molar-refractivity contribution in [3.8, 4) is 0 Å². The monoisotopic (exact) mass is 408 g/mol. The second kappa shape index (κ2) is 9.62. The molecule has 2 aromatic rings. The van der Waals surface area contributed by atoms with E-state index in [-0.39, 0.29) is 30.2 Å². The van der Waals surface area contributed by atoms with Crippen LogP contribution in [0.1, 0.15) is 36.5 Å². The highest BCUT2D eigenvalue weighted by Crippen LogP contribution is 2.30. The summed E-state index contributed by atoms with van der Waals surface area (Å²) in [6.45, 7) is 8.02. The lowest BCUT2D eigenvalue weighted by molar-refractivity contribution is -0.119. The number of nitrogens with one attached hydrogen (secondary N) is 2. The lowest BCUT2D eigenvalue weighted by Gasteiger charge is -2.19. The molecule has 27 heavy (non-hydrogen) atoms.